The summed E-state index contributed by atoms with van der Waals surface area (Å²) in [4.78, 5) is 55.7. The first-order chi connectivity index (χ1) is 25.6. The van der Waals surface area contributed by atoms with Crippen molar-refractivity contribution in [2.75, 3.05) is 20.3 Å². The van der Waals surface area contributed by atoms with Gasteiger partial charge in [-0.2, -0.15) is 0 Å². The first kappa shape index (κ1) is 40.4. The van der Waals surface area contributed by atoms with Crippen molar-refractivity contribution in [1.82, 2.24) is 20.9 Å². The fraction of sp³-hybridized carbons (Fsp3) is 0.308. The van der Waals surface area contributed by atoms with Crippen molar-refractivity contribution < 1.29 is 42.3 Å². The largest absolute Gasteiger partial charge is 0.464 e. The molecule has 0 spiro atoms. The smallest absolute Gasteiger partial charge is 0.408 e. The molecule has 0 fully saturated rings. The average molecular weight is 745 g/mol. The molecule has 1 aromatic heterocycles. The Morgan fingerprint density at radius 2 is 1.32 bits per heavy atom. The van der Waals surface area contributed by atoms with Crippen LogP contribution in [0.2, 0.25) is 0 Å². The summed E-state index contributed by atoms with van der Waals surface area (Å²) in [6.07, 6.45) is 2.47. The zero-order valence-corrected chi connectivity index (χ0v) is 30.6. The highest BCUT2D eigenvalue weighted by molar-refractivity contribution is 7.54. The number of alkyl carbamates (subject to hydrolysis) is 1. The second-order valence-corrected chi connectivity index (χ2v) is 14.3. The van der Waals surface area contributed by atoms with Gasteiger partial charge in [0, 0.05) is 32.3 Å². The summed E-state index contributed by atoms with van der Waals surface area (Å²) in [5.41, 5.74) is 3.25. The quantitative estimate of drug-likeness (QED) is 0.0626. The minimum absolute atomic E-state index is 0.00982. The summed E-state index contributed by atoms with van der Waals surface area (Å²) in [6.45, 7) is 1.03. The van der Waals surface area contributed by atoms with E-state index in [1.165, 1.54) is 14.0 Å². The highest BCUT2D eigenvalue weighted by Gasteiger charge is 2.41. The maximum atomic E-state index is 14.6. The first-order valence-corrected chi connectivity index (χ1v) is 18.8. The Labute approximate surface area is 309 Å². The maximum absolute atomic E-state index is 14.6. The molecule has 0 saturated carbocycles. The topological polar surface area (TPSA) is 171 Å². The third-order valence-corrected chi connectivity index (χ3v) is 10.1. The lowest BCUT2D eigenvalue weighted by Gasteiger charge is -2.29. The number of carbonyl (C=O) groups excluding carboxylic acids is 4. The van der Waals surface area contributed by atoms with Crippen molar-refractivity contribution in [2.24, 2.45) is 0 Å². The molecule has 0 aliphatic rings. The SMILES string of the molecule is COP(=O)(O[C@@H](Cc1ccccc1)C(=O)OCCCc1ccncc1)[C@H](Cc1ccccc1)NC(=O)CNC(=O)[C@@H](C)NC(=O)OCc1ccccc1. The number of aromatic nitrogens is 1. The molecule has 1 unspecified atom stereocenters. The molecule has 0 saturated heterocycles. The minimum Gasteiger partial charge on any atom is -0.464 e. The molecular formula is C39H45N4O9P. The van der Waals surface area contributed by atoms with Gasteiger partial charge < -0.3 is 29.9 Å². The summed E-state index contributed by atoms with van der Waals surface area (Å²) >= 11 is 0. The summed E-state index contributed by atoms with van der Waals surface area (Å²) in [6, 6.07) is 29.8. The van der Waals surface area contributed by atoms with Crippen molar-refractivity contribution in [2.45, 2.75) is 57.1 Å². The van der Waals surface area contributed by atoms with E-state index in [1.54, 1.807) is 73.1 Å². The summed E-state index contributed by atoms with van der Waals surface area (Å²) in [5, 5.41) is 7.56. The van der Waals surface area contributed by atoms with Crippen LogP contribution in [0.15, 0.2) is 116 Å². The van der Waals surface area contributed by atoms with Gasteiger partial charge in [-0.1, -0.05) is 91.0 Å². The standard InChI is InChI=1S/C39H45N4O9P/c1-29(42-39(47)51-28-33-17-10-5-11-18-33)37(45)41-27-35(44)43-36(26-32-15-8-4-9-16-32)53(48,49-2)52-34(25-31-13-6-3-7-14-31)38(46)50-24-12-19-30-20-22-40-23-21-30/h3-11,13-18,20-23,29,34,36H,12,19,24-28H2,1-2H3,(H,41,45)(H,42,47)(H,43,44)/t29-,34+,36-,53?/m1/s1. The van der Waals surface area contributed by atoms with E-state index in [9.17, 15) is 23.7 Å². The van der Waals surface area contributed by atoms with Gasteiger partial charge in [-0.25, -0.2) is 9.59 Å². The molecule has 53 heavy (non-hydrogen) atoms. The van der Waals surface area contributed by atoms with Crippen LogP contribution in [0.3, 0.4) is 0 Å². The lowest BCUT2D eigenvalue weighted by molar-refractivity contribution is -0.152. The van der Waals surface area contributed by atoms with Gasteiger partial charge in [0.1, 0.15) is 18.4 Å². The number of ether oxygens (including phenoxy) is 2. The van der Waals surface area contributed by atoms with Crippen LogP contribution in [0.1, 0.15) is 35.6 Å². The Kier molecular flexibility index (Phi) is 16.2. The molecule has 0 radical (unpaired) electrons. The van der Waals surface area contributed by atoms with Crippen molar-refractivity contribution in [3.05, 3.63) is 138 Å². The number of carbonyl (C=O) groups is 4. The molecule has 14 heteroatoms. The monoisotopic (exact) mass is 744 g/mol. The van der Waals surface area contributed by atoms with Crippen LogP contribution >= 0.6 is 7.60 Å². The number of hydrogen-bond acceptors (Lipinski definition) is 10. The number of amides is 3. The lowest BCUT2D eigenvalue weighted by Crippen LogP contribution is -2.49. The predicted octanol–water partition coefficient (Wildman–Crippen LogP) is 5.14. The highest BCUT2D eigenvalue weighted by Crippen LogP contribution is 2.53. The molecule has 4 rings (SSSR count). The normalized spacial score (nSPS) is 13.7. The number of nitrogens with one attached hydrogen (secondary N) is 3. The molecule has 3 aromatic carbocycles. The number of hydrogen-bond donors (Lipinski definition) is 3. The van der Waals surface area contributed by atoms with Crippen molar-refractivity contribution in [1.29, 1.82) is 0 Å². The molecule has 1 heterocycles. The van der Waals surface area contributed by atoms with E-state index >= 15 is 0 Å². The second-order valence-electron chi connectivity index (χ2n) is 12.1. The van der Waals surface area contributed by atoms with Gasteiger partial charge in [0.2, 0.25) is 11.8 Å². The predicted molar refractivity (Wildman–Crippen MR) is 197 cm³/mol. The van der Waals surface area contributed by atoms with Crippen LogP contribution in [-0.4, -0.2) is 67.1 Å². The van der Waals surface area contributed by atoms with Crippen molar-refractivity contribution in [3.63, 3.8) is 0 Å². The molecule has 3 N–H and O–H groups in total. The molecule has 0 aliphatic carbocycles. The number of aryl methyl sites for hydroxylation is 1. The van der Waals surface area contributed by atoms with Crippen LogP contribution in [0, 0.1) is 0 Å². The third kappa shape index (κ3) is 13.9. The Balaban J connectivity index is 1.41. The van der Waals surface area contributed by atoms with Gasteiger partial charge in [-0.3, -0.25) is 23.7 Å². The molecule has 4 aromatic rings. The molecular weight excluding hydrogens is 699 g/mol. The number of pyridine rings is 1. The second kappa shape index (κ2) is 21.2. The van der Waals surface area contributed by atoms with Crippen LogP contribution in [-0.2, 0) is 63.3 Å². The van der Waals surface area contributed by atoms with E-state index in [0.717, 1.165) is 16.7 Å². The molecule has 3 amide bonds. The van der Waals surface area contributed by atoms with Crippen LogP contribution < -0.4 is 16.0 Å². The van der Waals surface area contributed by atoms with Gasteiger partial charge in [-0.05, 0) is 54.2 Å². The fourth-order valence-electron chi connectivity index (χ4n) is 5.15. The average Bonchev–Trinajstić information content (AvgIpc) is 3.18. The van der Waals surface area contributed by atoms with E-state index in [2.05, 4.69) is 20.9 Å². The first-order valence-electron chi connectivity index (χ1n) is 17.2. The van der Waals surface area contributed by atoms with Gasteiger partial charge in [0.25, 0.3) is 0 Å². The van der Waals surface area contributed by atoms with E-state index in [4.69, 9.17) is 18.5 Å². The molecule has 4 atom stereocenters. The number of nitrogens with zero attached hydrogens (tertiary/aromatic N) is 1. The lowest BCUT2D eigenvalue weighted by atomic mass is 10.1. The third-order valence-electron chi connectivity index (χ3n) is 8.00. The fourth-order valence-corrected chi connectivity index (χ4v) is 6.89. The van der Waals surface area contributed by atoms with E-state index in [0.29, 0.717) is 18.4 Å². The Bertz CT molecular complexity index is 1780. The molecule has 0 bridgehead atoms. The number of benzene rings is 3. The van der Waals surface area contributed by atoms with E-state index in [1.807, 2.05) is 42.5 Å². The van der Waals surface area contributed by atoms with Crippen molar-refractivity contribution >= 4 is 31.5 Å². The summed E-state index contributed by atoms with van der Waals surface area (Å²) in [5.74, 6) is -3.36. The van der Waals surface area contributed by atoms with Gasteiger partial charge in [0.15, 0.2) is 6.10 Å². The zero-order valence-electron chi connectivity index (χ0n) is 29.7. The van der Waals surface area contributed by atoms with Gasteiger partial charge in [-0.15, -0.1) is 0 Å². The maximum Gasteiger partial charge on any atom is 0.408 e. The van der Waals surface area contributed by atoms with Crippen LogP contribution in [0.5, 0.6) is 0 Å². The van der Waals surface area contributed by atoms with Gasteiger partial charge >= 0.3 is 19.7 Å². The highest BCUT2D eigenvalue weighted by atomic mass is 31.2. The summed E-state index contributed by atoms with van der Waals surface area (Å²) < 4.78 is 36.9. The summed E-state index contributed by atoms with van der Waals surface area (Å²) in [7, 11) is -3.13. The Morgan fingerprint density at radius 1 is 0.736 bits per heavy atom. The molecule has 280 valence electrons. The Hall–Kier alpha value is -5.36. The molecule has 0 aliphatic heterocycles. The Morgan fingerprint density at radius 3 is 1.92 bits per heavy atom. The molecule has 13 nitrogen and oxygen atoms in total. The van der Waals surface area contributed by atoms with Crippen LogP contribution in [0.4, 0.5) is 4.79 Å². The zero-order chi connectivity index (χ0) is 37.9. The van der Waals surface area contributed by atoms with E-state index in [-0.39, 0.29) is 26.1 Å². The number of esters is 1. The minimum atomic E-state index is -4.31. The number of rotatable bonds is 20. The van der Waals surface area contributed by atoms with Crippen molar-refractivity contribution in [3.8, 4) is 0 Å². The van der Waals surface area contributed by atoms with Crippen LogP contribution in [0.25, 0.3) is 0 Å². The van der Waals surface area contributed by atoms with E-state index < -0.39 is 55.9 Å². The van der Waals surface area contributed by atoms with Gasteiger partial charge in [0.05, 0.1) is 13.2 Å².